The molecule has 1 heterocycles. The van der Waals surface area contributed by atoms with Crippen LogP contribution in [-0.4, -0.2) is 15.0 Å². The Morgan fingerprint density at radius 3 is 2.47 bits per heavy atom. The number of aliphatic hydroxyl groups is 1. The van der Waals surface area contributed by atoms with Crippen LogP contribution in [-0.2, 0) is 11.2 Å². The monoisotopic (exact) mass is 248 g/mol. The number of carbonyl (C=O) groups is 1. The van der Waals surface area contributed by atoms with E-state index in [4.69, 9.17) is 0 Å². The zero-order valence-electron chi connectivity index (χ0n) is 10.1. The molecule has 0 amide bonds. The summed E-state index contributed by atoms with van der Waals surface area (Å²) in [4.78, 5) is 11.8. The van der Waals surface area contributed by atoms with Crippen molar-refractivity contribution in [2.45, 2.75) is 31.4 Å². The van der Waals surface area contributed by atoms with Gasteiger partial charge >= 0.3 is 0 Å². The quantitative estimate of drug-likeness (QED) is 0.889. The van der Waals surface area contributed by atoms with E-state index in [1.807, 2.05) is 44.2 Å². The normalized spacial score (nSPS) is 24.5. The summed E-state index contributed by atoms with van der Waals surface area (Å²) in [7, 11) is 0. The van der Waals surface area contributed by atoms with Gasteiger partial charge in [0.1, 0.15) is 5.76 Å². The highest BCUT2D eigenvalue weighted by Gasteiger charge is 2.42. The molecule has 1 aromatic carbocycles. The van der Waals surface area contributed by atoms with E-state index < -0.39 is 4.75 Å². The molecule has 0 radical (unpaired) electrons. The van der Waals surface area contributed by atoms with Crippen LogP contribution in [0.3, 0.4) is 0 Å². The first kappa shape index (κ1) is 12.2. The molecule has 0 fully saturated rings. The lowest BCUT2D eigenvalue weighted by atomic mass is 9.95. The molecule has 0 aromatic heterocycles. The molecule has 1 aliphatic rings. The predicted octanol–water partition coefficient (Wildman–Crippen LogP) is 3.48. The molecule has 1 aromatic rings. The van der Waals surface area contributed by atoms with Crippen LogP contribution in [0.15, 0.2) is 41.7 Å². The van der Waals surface area contributed by atoms with E-state index in [9.17, 15) is 9.90 Å². The van der Waals surface area contributed by atoms with Crippen LogP contribution < -0.4 is 0 Å². The lowest BCUT2D eigenvalue weighted by Gasteiger charge is -2.22. The zero-order chi connectivity index (χ0) is 12.5. The van der Waals surface area contributed by atoms with Crippen LogP contribution in [0.5, 0.6) is 0 Å². The Balaban J connectivity index is 2.27. The third-order valence-corrected chi connectivity index (χ3v) is 4.31. The molecule has 2 rings (SSSR count). The maximum Gasteiger partial charge on any atom is 0.219 e. The fourth-order valence-electron chi connectivity index (χ4n) is 2.15. The van der Waals surface area contributed by atoms with Crippen molar-refractivity contribution >= 4 is 16.9 Å². The molecule has 3 heteroatoms. The summed E-state index contributed by atoms with van der Waals surface area (Å²) in [6, 6.07) is 9.95. The molecule has 0 saturated heterocycles. The second kappa shape index (κ2) is 4.57. The van der Waals surface area contributed by atoms with Crippen molar-refractivity contribution in [1.82, 2.24) is 0 Å². The van der Waals surface area contributed by atoms with Crippen LogP contribution in [0.1, 0.15) is 25.8 Å². The summed E-state index contributed by atoms with van der Waals surface area (Å²) in [5.74, 6) is 0.263. The number of aliphatic hydroxyl groups excluding tert-OH is 1. The molecule has 90 valence electrons. The average molecular weight is 248 g/mol. The number of hydrogen-bond acceptors (Lipinski definition) is 3. The Hall–Kier alpha value is -1.22. The molecule has 1 unspecified atom stereocenters. The van der Waals surface area contributed by atoms with Crippen molar-refractivity contribution in [1.29, 1.82) is 0 Å². The molecule has 0 aliphatic carbocycles. The van der Waals surface area contributed by atoms with E-state index >= 15 is 0 Å². The van der Waals surface area contributed by atoms with Crippen molar-refractivity contribution in [3.8, 4) is 0 Å². The van der Waals surface area contributed by atoms with Gasteiger partial charge in [-0.3, -0.25) is 4.79 Å². The van der Waals surface area contributed by atoms with E-state index in [-0.39, 0.29) is 10.9 Å². The Morgan fingerprint density at radius 1 is 1.29 bits per heavy atom. The number of benzene rings is 1. The molecular weight excluding hydrogens is 232 g/mol. The van der Waals surface area contributed by atoms with Gasteiger partial charge < -0.3 is 5.11 Å². The molecular formula is C14H16O2S. The molecule has 2 nitrogen and oxygen atoms in total. The standard InChI is InChI=1S/C14H16O2S/c1-3-11-12(15)14(2,17-13(11)16)9-10-7-5-4-6-8-10/h4-8,15H,3,9H2,1-2H3. The van der Waals surface area contributed by atoms with E-state index in [2.05, 4.69) is 0 Å². The average Bonchev–Trinajstić information content (AvgIpc) is 2.51. The minimum Gasteiger partial charge on any atom is -0.510 e. The summed E-state index contributed by atoms with van der Waals surface area (Å²) in [6.07, 6.45) is 1.28. The first-order valence-electron chi connectivity index (χ1n) is 5.76. The Labute approximate surface area is 106 Å². The second-order valence-corrected chi connectivity index (χ2v) is 5.94. The van der Waals surface area contributed by atoms with Gasteiger partial charge in [-0.2, -0.15) is 0 Å². The van der Waals surface area contributed by atoms with Gasteiger partial charge in [0.25, 0.3) is 0 Å². The number of thioether (sulfide) groups is 1. The minimum atomic E-state index is -0.496. The van der Waals surface area contributed by atoms with E-state index in [1.165, 1.54) is 11.8 Å². The van der Waals surface area contributed by atoms with E-state index in [0.717, 1.165) is 5.56 Å². The molecule has 1 N–H and O–H groups in total. The first-order valence-corrected chi connectivity index (χ1v) is 6.58. The number of rotatable bonds is 3. The highest BCUT2D eigenvalue weighted by molar-refractivity contribution is 8.15. The number of hydrogen-bond donors (Lipinski definition) is 1. The summed E-state index contributed by atoms with van der Waals surface area (Å²) < 4.78 is -0.496. The van der Waals surface area contributed by atoms with Gasteiger partial charge in [0.2, 0.25) is 5.12 Å². The summed E-state index contributed by atoms with van der Waals surface area (Å²) >= 11 is 1.24. The third-order valence-electron chi connectivity index (χ3n) is 3.09. The second-order valence-electron chi connectivity index (χ2n) is 4.46. The molecule has 17 heavy (non-hydrogen) atoms. The zero-order valence-corrected chi connectivity index (χ0v) is 10.9. The maximum absolute atomic E-state index is 11.8. The van der Waals surface area contributed by atoms with Crippen LogP contribution in [0.2, 0.25) is 0 Å². The molecule has 0 spiro atoms. The first-order chi connectivity index (χ1) is 8.07. The lowest BCUT2D eigenvalue weighted by molar-refractivity contribution is -0.107. The van der Waals surface area contributed by atoms with Gasteiger partial charge in [0, 0.05) is 5.57 Å². The molecule has 1 atom stereocenters. The number of carbonyl (C=O) groups excluding carboxylic acids is 1. The fourth-order valence-corrected chi connectivity index (χ4v) is 3.38. The van der Waals surface area contributed by atoms with Crippen LogP contribution in [0.4, 0.5) is 0 Å². The van der Waals surface area contributed by atoms with Crippen LogP contribution >= 0.6 is 11.8 Å². The predicted molar refractivity (Wildman–Crippen MR) is 71.1 cm³/mol. The van der Waals surface area contributed by atoms with Crippen molar-refractivity contribution in [2.75, 3.05) is 0 Å². The summed E-state index contributed by atoms with van der Waals surface area (Å²) in [6.45, 7) is 3.83. The highest BCUT2D eigenvalue weighted by Crippen LogP contribution is 2.45. The van der Waals surface area contributed by atoms with Crippen molar-refractivity contribution in [2.24, 2.45) is 0 Å². The van der Waals surface area contributed by atoms with Crippen molar-refractivity contribution < 1.29 is 9.90 Å². The van der Waals surface area contributed by atoms with Gasteiger partial charge in [-0.25, -0.2) is 0 Å². The van der Waals surface area contributed by atoms with E-state index in [1.54, 1.807) is 0 Å². The van der Waals surface area contributed by atoms with Crippen molar-refractivity contribution in [3.63, 3.8) is 0 Å². The van der Waals surface area contributed by atoms with Crippen LogP contribution in [0, 0.1) is 0 Å². The maximum atomic E-state index is 11.8. The van der Waals surface area contributed by atoms with Gasteiger partial charge in [-0.05, 0) is 25.3 Å². The fraction of sp³-hybridized carbons (Fsp3) is 0.357. The Kier molecular flexibility index (Phi) is 3.29. The molecule has 0 bridgehead atoms. The summed E-state index contributed by atoms with van der Waals surface area (Å²) in [5.41, 5.74) is 1.72. The lowest BCUT2D eigenvalue weighted by Crippen LogP contribution is -2.23. The largest absolute Gasteiger partial charge is 0.510 e. The topological polar surface area (TPSA) is 37.3 Å². The molecule has 0 saturated carbocycles. The highest BCUT2D eigenvalue weighted by atomic mass is 32.2. The van der Waals surface area contributed by atoms with E-state index in [0.29, 0.717) is 18.4 Å². The minimum absolute atomic E-state index is 0.0171. The Morgan fingerprint density at radius 2 is 1.94 bits per heavy atom. The van der Waals surface area contributed by atoms with Gasteiger partial charge in [0.15, 0.2) is 0 Å². The van der Waals surface area contributed by atoms with Gasteiger partial charge in [-0.15, -0.1) is 0 Å². The van der Waals surface area contributed by atoms with Crippen LogP contribution in [0.25, 0.3) is 0 Å². The summed E-state index contributed by atoms with van der Waals surface area (Å²) in [5, 5.41) is 10.2. The smallest absolute Gasteiger partial charge is 0.219 e. The SMILES string of the molecule is CCC1=C(O)C(C)(Cc2ccccc2)SC1=O. The van der Waals surface area contributed by atoms with Gasteiger partial charge in [-0.1, -0.05) is 49.0 Å². The van der Waals surface area contributed by atoms with Crippen molar-refractivity contribution in [3.05, 3.63) is 47.2 Å². The molecule has 1 aliphatic heterocycles. The third kappa shape index (κ3) is 2.25. The Bertz CT molecular complexity index is 464. The van der Waals surface area contributed by atoms with Gasteiger partial charge in [0.05, 0.1) is 4.75 Å².